The number of benzene rings is 1. The highest BCUT2D eigenvalue weighted by Gasteiger charge is 2.19. The van der Waals surface area contributed by atoms with Crippen LogP contribution in [0.4, 0.5) is 4.39 Å². The number of hydrogen-bond acceptors (Lipinski definition) is 3. The van der Waals surface area contributed by atoms with E-state index in [2.05, 4.69) is 37.3 Å². The third kappa shape index (κ3) is 2.77. The first kappa shape index (κ1) is 13.2. The smallest absolute Gasteiger partial charge is 0.128 e. The lowest BCUT2D eigenvalue weighted by Crippen LogP contribution is -2.28. The van der Waals surface area contributed by atoms with E-state index in [-0.39, 0.29) is 11.9 Å². The Kier molecular flexibility index (Phi) is 4.32. The first-order valence-electron chi connectivity index (χ1n) is 4.78. The molecule has 6 heteroatoms. The summed E-state index contributed by atoms with van der Waals surface area (Å²) in [5.41, 5.74) is 3.18. The topological polar surface area (TPSA) is 38.0 Å². The third-order valence-electron chi connectivity index (χ3n) is 2.33. The zero-order chi connectivity index (χ0) is 12.4. The van der Waals surface area contributed by atoms with Crippen molar-refractivity contribution in [3.8, 4) is 0 Å². The van der Waals surface area contributed by atoms with Gasteiger partial charge < -0.3 is 0 Å². The quantitative estimate of drug-likeness (QED) is 0.625. The third-order valence-corrected chi connectivity index (χ3v) is 5.65. The number of nitrogens with one attached hydrogen (secondary N) is 1. The summed E-state index contributed by atoms with van der Waals surface area (Å²) in [6, 6.07) is 8.18. The van der Waals surface area contributed by atoms with E-state index in [0.29, 0.717) is 5.56 Å². The van der Waals surface area contributed by atoms with E-state index >= 15 is 0 Å². The van der Waals surface area contributed by atoms with Crippen molar-refractivity contribution in [3.63, 3.8) is 0 Å². The van der Waals surface area contributed by atoms with Gasteiger partial charge >= 0.3 is 0 Å². The molecule has 3 N–H and O–H groups in total. The molecule has 0 saturated carbocycles. The molecule has 1 unspecified atom stereocenters. The Labute approximate surface area is 119 Å². The Morgan fingerprint density at radius 1 is 1.29 bits per heavy atom. The van der Waals surface area contributed by atoms with Gasteiger partial charge in [0.15, 0.2) is 0 Å². The van der Waals surface area contributed by atoms with Crippen LogP contribution in [0.25, 0.3) is 0 Å². The summed E-state index contributed by atoms with van der Waals surface area (Å²) in [6.45, 7) is 0. The molecular weight excluding hydrogens is 371 g/mol. The van der Waals surface area contributed by atoms with Crippen molar-refractivity contribution >= 4 is 43.2 Å². The number of nitrogens with two attached hydrogens (primary N) is 1. The summed E-state index contributed by atoms with van der Waals surface area (Å²) in [7, 11) is 0. The highest BCUT2D eigenvalue weighted by atomic mass is 79.9. The van der Waals surface area contributed by atoms with Gasteiger partial charge in [-0.15, -0.1) is 11.3 Å². The van der Waals surface area contributed by atoms with Gasteiger partial charge in [0.2, 0.25) is 0 Å². The van der Waals surface area contributed by atoms with Crippen molar-refractivity contribution in [2.75, 3.05) is 0 Å². The Morgan fingerprint density at radius 3 is 2.53 bits per heavy atom. The Hall–Kier alpha value is -0.270. The minimum Gasteiger partial charge on any atom is -0.271 e. The van der Waals surface area contributed by atoms with Crippen LogP contribution in [0.5, 0.6) is 0 Å². The molecule has 0 bridgehead atoms. The fourth-order valence-corrected chi connectivity index (χ4v) is 3.71. The average Bonchev–Trinajstić information content (AvgIpc) is 2.63. The van der Waals surface area contributed by atoms with Crippen molar-refractivity contribution < 1.29 is 4.39 Å². The fraction of sp³-hybridized carbons (Fsp3) is 0.0909. The van der Waals surface area contributed by atoms with Gasteiger partial charge in [-0.25, -0.2) is 9.82 Å². The fourth-order valence-electron chi connectivity index (χ4n) is 1.54. The maximum Gasteiger partial charge on any atom is 0.128 e. The summed E-state index contributed by atoms with van der Waals surface area (Å²) >= 11 is 8.33. The van der Waals surface area contributed by atoms with Crippen LogP contribution in [0.3, 0.4) is 0 Å². The van der Waals surface area contributed by atoms with Crippen LogP contribution in [0.15, 0.2) is 38.6 Å². The van der Waals surface area contributed by atoms with Crippen molar-refractivity contribution in [2.45, 2.75) is 6.04 Å². The lowest BCUT2D eigenvalue weighted by atomic mass is 10.1. The van der Waals surface area contributed by atoms with Gasteiger partial charge in [-0.3, -0.25) is 5.84 Å². The SMILES string of the molecule is NNC(c1cc(Br)c(Br)s1)c1ccccc1F. The molecule has 1 aromatic heterocycles. The van der Waals surface area contributed by atoms with Gasteiger partial charge in [-0.1, -0.05) is 18.2 Å². The molecule has 2 rings (SSSR count). The number of hydrazine groups is 1. The zero-order valence-corrected chi connectivity index (χ0v) is 12.6. The maximum absolute atomic E-state index is 13.7. The predicted octanol–water partition coefficient (Wildman–Crippen LogP) is 3.96. The monoisotopic (exact) mass is 378 g/mol. The molecule has 90 valence electrons. The standard InChI is InChI=1S/C11H9Br2FN2S/c12-7-5-9(17-11(7)13)10(16-15)6-3-1-2-4-8(6)14/h1-5,10,16H,15H2. The Morgan fingerprint density at radius 2 is 2.00 bits per heavy atom. The second-order valence-corrected chi connectivity index (χ2v) is 6.65. The molecule has 17 heavy (non-hydrogen) atoms. The highest BCUT2D eigenvalue weighted by molar-refractivity contribution is 9.13. The van der Waals surface area contributed by atoms with Crippen LogP contribution in [0.1, 0.15) is 16.5 Å². The highest BCUT2D eigenvalue weighted by Crippen LogP contribution is 2.37. The Bertz CT molecular complexity index is 510. The zero-order valence-electron chi connectivity index (χ0n) is 8.58. The van der Waals surface area contributed by atoms with E-state index in [1.54, 1.807) is 18.2 Å². The van der Waals surface area contributed by atoms with E-state index < -0.39 is 0 Å². The minimum atomic E-state index is -0.344. The predicted molar refractivity (Wildman–Crippen MR) is 75.3 cm³/mol. The van der Waals surface area contributed by atoms with E-state index in [9.17, 15) is 4.39 Å². The molecule has 1 heterocycles. The number of hydrogen-bond donors (Lipinski definition) is 2. The van der Waals surface area contributed by atoms with Crippen LogP contribution < -0.4 is 11.3 Å². The van der Waals surface area contributed by atoms with Gasteiger partial charge in [0.25, 0.3) is 0 Å². The van der Waals surface area contributed by atoms with Gasteiger partial charge in [0.1, 0.15) is 5.82 Å². The molecule has 0 radical (unpaired) electrons. The first-order valence-corrected chi connectivity index (χ1v) is 7.19. The molecule has 0 aliphatic carbocycles. The van der Waals surface area contributed by atoms with Crippen LogP contribution in [-0.2, 0) is 0 Å². The van der Waals surface area contributed by atoms with Crippen LogP contribution in [0.2, 0.25) is 0 Å². The molecular formula is C11H9Br2FN2S. The molecule has 0 spiro atoms. The summed E-state index contributed by atoms with van der Waals surface area (Å²) < 4.78 is 15.6. The second kappa shape index (κ2) is 5.58. The van der Waals surface area contributed by atoms with E-state index in [4.69, 9.17) is 5.84 Å². The molecule has 0 fully saturated rings. The van der Waals surface area contributed by atoms with Gasteiger partial charge in [0.05, 0.1) is 9.83 Å². The van der Waals surface area contributed by atoms with Crippen molar-refractivity contribution in [3.05, 3.63) is 54.8 Å². The molecule has 0 amide bonds. The van der Waals surface area contributed by atoms with Crippen molar-refractivity contribution in [1.82, 2.24) is 5.43 Å². The molecule has 1 atom stereocenters. The maximum atomic E-state index is 13.7. The van der Waals surface area contributed by atoms with E-state index in [0.717, 1.165) is 13.1 Å². The largest absolute Gasteiger partial charge is 0.271 e. The van der Waals surface area contributed by atoms with Crippen molar-refractivity contribution in [1.29, 1.82) is 0 Å². The lowest BCUT2D eigenvalue weighted by Gasteiger charge is -2.15. The molecule has 1 aromatic carbocycles. The van der Waals surface area contributed by atoms with Crippen molar-refractivity contribution in [2.24, 2.45) is 5.84 Å². The summed E-state index contributed by atoms with van der Waals surface area (Å²) in [5.74, 6) is 5.26. The average molecular weight is 380 g/mol. The lowest BCUT2D eigenvalue weighted by molar-refractivity contribution is 0.564. The summed E-state index contributed by atoms with van der Waals surface area (Å²) in [5, 5.41) is 0. The molecule has 0 aliphatic heterocycles. The molecule has 2 nitrogen and oxygen atoms in total. The molecule has 0 aliphatic rings. The number of halogens is 3. The van der Waals surface area contributed by atoms with Gasteiger partial charge in [0, 0.05) is 14.9 Å². The van der Waals surface area contributed by atoms with Gasteiger partial charge in [-0.2, -0.15) is 0 Å². The van der Waals surface area contributed by atoms with Gasteiger partial charge in [-0.05, 0) is 44.0 Å². The Balaban J connectivity index is 2.44. The van der Waals surface area contributed by atoms with Crippen LogP contribution in [-0.4, -0.2) is 0 Å². The first-order chi connectivity index (χ1) is 8.13. The molecule has 0 saturated heterocycles. The number of thiophene rings is 1. The van der Waals surface area contributed by atoms with Crippen LogP contribution >= 0.6 is 43.2 Å². The summed E-state index contributed by atoms with van der Waals surface area (Å²) in [4.78, 5) is 0.941. The number of rotatable bonds is 3. The summed E-state index contributed by atoms with van der Waals surface area (Å²) in [6.07, 6.45) is 0. The van der Waals surface area contributed by atoms with Crippen LogP contribution in [0, 0.1) is 5.82 Å². The second-order valence-electron chi connectivity index (χ2n) is 3.39. The molecule has 2 aromatic rings. The minimum absolute atomic E-state index is 0.268. The van der Waals surface area contributed by atoms with E-state index in [1.165, 1.54) is 17.4 Å². The van der Waals surface area contributed by atoms with E-state index in [1.807, 2.05) is 6.07 Å². The normalized spacial score (nSPS) is 12.7.